The molecule has 0 aliphatic carbocycles. The fourth-order valence-corrected chi connectivity index (χ4v) is 9.50. The number of sulfonamides is 2. The number of methoxy groups -OCH3 is 1. The van der Waals surface area contributed by atoms with Gasteiger partial charge in [-0.3, -0.25) is 0 Å². The molecular formula is C30H51N3O5S3. The lowest BCUT2D eigenvalue weighted by Crippen LogP contribution is -2.43. The first kappa shape index (κ1) is 35.8. The van der Waals surface area contributed by atoms with Crippen molar-refractivity contribution >= 4 is 37.6 Å². The third-order valence-electron chi connectivity index (χ3n) is 7.00. The van der Waals surface area contributed by atoms with Gasteiger partial charge in [-0.15, -0.1) is 11.3 Å². The highest BCUT2D eigenvalue weighted by molar-refractivity contribution is 7.94. The fraction of sp³-hybridized carbons (Fsp3) is 0.700. The van der Waals surface area contributed by atoms with E-state index in [-0.39, 0.29) is 21.0 Å². The molecule has 0 saturated heterocycles. The summed E-state index contributed by atoms with van der Waals surface area (Å²) < 4.78 is 62.8. The predicted molar refractivity (Wildman–Crippen MR) is 171 cm³/mol. The van der Waals surface area contributed by atoms with Crippen molar-refractivity contribution < 1.29 is 21.6 Å². The largest absolute Gasteiger partial charge is 0.385 e. The first-order chi connectivity index (χ1) is 19.8. The van der Waals surface area contributed by atoms with Gasteiger partial charge in [0.2, 0.25) is 0 Å². The van der Waals surface area contributed by atoms with E-state index in [0.29, 0.717) is 38.1 Å². The summed E-state index contributed by atoms with van der Waals surface area (Å²) in [5, 5.41) is 3.30. The number of likely N-dealkylation sites (N-methyl/N-ethyl adjacent to an activating group) is 1. The Hall–Kier alpha value is -1.37. The minimum atomic E-state index is -3.96. The minimum Gasteiger partial charge on any atom is -0.385 e. The first-order valence-electron chi connectivity index (χ1n) is 15.2. The SMILES string of the molecule is CCCCC/C=C/C/C=C\CCCCCCCC=NS(=O)(=O)c1cc2c(s1)S(=O)(=O)N(CCCOC)C[C@@H]2NCC. The molecule has 234 valence electrons. The summed E-state index contributed by atoms with van der Waals surface area (Å²) in [4.78, 5) is 0. The summed E-state index contributed by atoms with van der Waals surface area (Å²) in [6, 6.07) is 1.22. The van der Waals surface area contributed by atoms with E-state index in [1.165, 1.54) is 48.7 Å². The van der Waals surface area contributed by atoms with E-state index in [1.54, 1.807) is 7.11 Å². The average Bonchev–Trinajstić information content (AvgIpc) is 3.41. The van der Waals surface area contributed by atoms with Crippen molar-refractivity contribution in [2.24, 2.45) is 4.40 Å². The Morgan fingerprint density at radius 2 is 1.66 bits per heavy atom. The van der Waals surface area contributed by atoms with E-state index in [4.69, 9.17) is 4.74 Å². The zero-order valence-corrected chi connectivity index (χ0v) is 27.7. The van der Waals surface area contributed by atoms with Crippen LogP contribution in [0.5, 0.6) is 0 Å². The second-order valence-electron chi connectivity index (χ2n) is 10.4. The van der Waals surface area contributed by atoms with E-state index in [1.807, 2.05) is 6.92 Å². The number of nitrogens with zero attached hydrogens (tertiary/aromatic N) is 2. The summed E-state index contributed by atoms with van der Waals surface area (Å²) in [6.07, 6.45) is 24.2. The zero-order valence-electron chi connectivity index (χ0n) is 25.2. The maximum Gasteiger partial charge on any atom is 0.291 e. The molecule has 1 aliphatic heterocycles. The van der Waals surface area contributed by atoms with Crippen molar-refractivity contribution in [1.29, 1.82) is 0 Å². The molecule has 41 heavy (non-hydrogen) atoms. The van der Waals surface area contributed by atoms with Crippen molar-refractivity contribution in [1.82, 2.24) is 9.62 Å². The highest BCUT2D eigenvalue weighted by Gasteiger charge is 2.39. The number of nitrogens with one attached hydrogen (secondary N) is 1. The predicted octanol–water partition coefficient (Wildman–Crippen LogP) is 7.01. The van der Waals surface area contributed by atoms with Crippen molar-refractivity contribution in [3.63, 3.8) is 0 Å². The van der Waals surface area contributed by atoms with Gasteiger partial charge >= 0.3 is 0 Å². The molecule has 1 aliphatic rings. The maximum atomic E-state index is 13.2. The maximum absolute atomic E-state index is 13.2. The Kier molecular flexibility index (Phi) is 17.3. The number of rotatable bonds is 22. The molecule has 2 heterocycles. The molecule has 1 atom stereocenters. The Balaban J connectivity index is 1.77. The molecule has 8 nitrogen and oxygen atoms in total. The van der Waals surface area contributed by atoms with Crippen molar-refractivity contribution in [2.45, 2.75) is 112 Å². The highest BCUT2D eigenvalue weighted by atomic mass is 32.3. The van der Waals surface area contributed by atoms with E-state index in [9.17, 15) is 16.8 Å². The van der Waals surface area contributed by atoms with Crippen LogP contribution < -0.4 is 5.32 Å². The van der Waals surface area contributed by atoms with Crippen molar-refractivity contribution in [3.05, 3.63) is 35.9 Å². The fourth-order valence-electron chi connectivity index (χ4n) is 4.72. The summed E-state index contributed by atoms with van der Waals surface area (Å²) in [5.41, 5.74) is 0.516. The van der Waals surface area contributed by atoms with Gasteiger partial charge in [-0.25, -0.2) is 8.42 Å². The molecule has 11 heteroatoms. The van der Waals surface area contributed by atoms with Gasteiger partial charge in [-0.1, -0.05) is 70.3 Å². The molecule has 2 rings (SSSR count). The molecule has 0 unspecified atom stereocenters. The van der Waals surface area contributed by atoms with E-state index in [0.717, 1.165) is 49.9 Å². The smallest absolute Gasteiger partial charge is 0.291 e. The van der Waals surface area contributed by atoms with Crippen LogP contribution in [-0.4, -0.2) is 60.7 Å². The second-order valence-corrected chi connectivity index (χ2v) is 15.5. The molecule has 0 radical (unpaired) electrons. The number of unbranched alkanes of at least 4 members (excludes halogenated alkanes) is 9. The molecule has 0 bridgehead atoms. The van der Waals surface area contributed by atoms with Crippen LogP contribution in [0, 0.1) is 0 Å². The van der Waals surface area contributed by atoms with E-state index >= 15 is 0 Å². The Morgan fingerprint density at radius 3 is 2.32 bits per heavy atom. The van der Waals surface area contributed by atoms with Crippen LogP contribution in [0.2, 0.25) is 0 Å². The van der Waals surface area contributed by atoms with Gasteiger partial charge in [-0.2, -0.15) is 17.1 Å². The normalized spacial score (nSPS) is 17.8. The average molecular weight is 630 g/mol. The molecule has 0 saturated carbocycles. The van der Waals surface area contributed by atoms with Crippen LogP contribution >= 0.6 is 11.3 Å². The molecule has 0 fully saturated rings. The number of ether oxygens (including phenoxy) is 1. The van der Waals surface area contributed by atoms with Crippen LogP contribution in [-0.2, 0) is 24.8 Å². The molecule has 0 spiro atoms. The number of hydrogen-bond acceptors (Lipinski definition) is 7. The first-order valence-corrected chi connectivity index (χ1v) is 18.9. The molecule has 0 aromatic carbocycles. The molecule has 1 N–H and O–H groups in total. The number of thiophene rings is 1. The van der Waals surface area contributed by atoms with E-state index < -0.39 is 20.0 Å². The third kappa shape index (κ3) is 12.4. The van der Waals surface area contributed by atoms with Gasteiger partial charge < -0.3 is 10.1 Å². The summed E-state index contributed by atoms with van der Waals surface area (Å²) in [7, 11) is -6.15. The number of allylic oxidation sites excluding steroid dienone is 4. The van der Waals surface area contributed by atoms with Gasteiger partial charge in [0.05, 0.1) is 0 Å². The Bertz CT molecular complexity index is 1170. The van der Waals surface area contributed by atoms with Crippen LogP contribution in [0.4, 0.5) is 0 Å². The van der Waals surface area contributed by atoms with Crippen LogP contribution in [0.25, 0.3) is 0 Å². The topological polar surface area (TPSA) is 105 Å². The van der Waals surface area contributed by atoms with Crippen molar-refractivity contribution in [3.8, 4) is 0 Å². The van der Waals surface area contributed by atoms with Gasteiger partial charge in [0.25, 0.3) is 20.0 Å². The van der Waals surface area contributed by atoms with Crippen LogP contribution in [0.3, 0.4) is 0 Å². The van der Waals surface area contributed by atoms with E-state index in [2.05, 4.69) is 40.9 Å². The second kappa shape index (κ2) is 19.7. The number of fused-ring (bicyclic) bond motifs is 1. The molecule has 1 aromatic rings. The van der Waals surface area contributed by atoms with Gasteiger partial charge in [0.1, 0.15) is 8.42 Å². The van der Waals surface area contributed by atoms with Gasteiger partial charge in [0.15, 0.2) is 0 Å². The lowest BCUT2D eigenvalue weighted by Gasteiger charge is -2.32. The minimum absolute atomic E-state index is 0.0241. The third-order valence-corrected chi connectivity index (χ3v) is 12.3. The van der Waals surface area contributed by atoms with Crippen LogP contribution in [0.15, 0.2) is 43.2 Å². The summed E-state index contributed by atoms with van der Waals surface area (Å²) in [6.45, 7) is 5.85. The Labute approximate surface area is 253 Å². The monoisotopic (exact) mass is 629 g/mol. The molecule has 1 aromatic heterocycles. The molecule has 0 amide bonds. The Morgan fingerprint density at radius 1 is 1.00 bits per heavy atom. The van der Waals surface area contributed by atoms with Gasteiger partial charge in [0, 0.05) is 44.6 Å². The summed E-state index contributed by atoms with van der Waals surface area (Å²) in [5.74, 6) is 0. The lowest BCUT2D eigenvalue weighted by atomic mass is 10.1. The highest BCUT2D eigenvalue weighted by Crippen LogP contribution is 2.40. The quantitative estimate of drug-likeness (QED) is 0.0840. The lowest BCUT2D eigenvalue weighted by molar-refractivity contribution is 0.185. The van der Waals surface area contributed by atoms with Crippen LogP contribution in [0.1, 0.15) is 109 Å². The zero-order chi connectivity index (χ0) is 30.0. The van der Waals surface area contributed by atoms with Gasteiger partial charge in [-0.05, 0) is 64.0 Å². The molecular weight excluding hydrogens is 579 g/mol. The summed E-state index contributed by atoms with van der Waals surface area (Å²) >= 11 is 0.799. The number of hydrogen-bond donors (Lipinski definition) is 1. The standard InChI is InChI=1S/C30H51N3O5S3/c1-4-6-7-8-9-10-11-12-13-14-15-16-17-18-19-20-22-32-40(34,35)29-25-27-28(31-5-2)26-33(23-21-24-38-3)41(36,37)30(27)39-29/h9-10,12-13,22,25,28,31H,4-8,11,14-21,23-24,26H2,1-3H3/b10-9+,13-12-,32-22?/t28-/m0/s1. The van der Waals surface area contributed by atoms with Crippen molar-refractivity contribution in [2.75, 3.05) is 33.4 Å².